The summed E-state index contributed by atoms with van der Waals surface area (Å²) in [7, 11) is 0. The van der Waals surface area contributed by atoms with E-state index in [-0.39, 0.29) is 6.10 Å². The van der Waals surface area contributed by atoms with Crippen molar-refractivity contribution in [3.05, 3.63) is 0 Å². The van der Waals surface area contributed by atoms with E-state index in [0.717, 1.165) is 32.4 Å². The smallest absolute Gasteiger partial charge is 0.362 e. The zero-order valence-corrected chi connectivity index (χ0v) is 13.8. The molecule has 0 fully saturated rings. The summed E-state index contributed by atoms with van der Waals surface area (Å²) in [6, 6.07) is -0.407. The molecule has 20 heavy (non-hydrogen) atoms. The van der Waals surface area contributed by atoms with Crippen molar-refractivity contribution >= 4 is 5.97 Å². The highest BCUT2D eigenvalue weighted by Gasteiger charge is 2.39. The highest BCUT2D eigenvalue weighted by Crippen LogP contribution is 2.20. The van der Waals surface area contributed by atoms with Crippen molar-refractivity contribution in [2.45, 2.75) is 78.4 Å². The molecule has 0 aromatic rings. The molecule has 120 valence electrons. The molecule has 0 aromatic heterocycles. The first kappa shape index (κ1) is 19.4. The molecule has 0 heterocycles. The fourth-order valence-electron chi connectivity index (χ4n) is 3.16. The van der Waals surface area contributed by atoms with Crippen LogP contribution in [0.2, 0.25) is 0 Å². The van der Waals surface area contributed by atoms with Crippen LogP contribution in [-0.4, -0.2) is 52.4 Å². The van der Waals surface area contributed by atoms with Crippen LogP contribution in [-0.2, 0) is 4.79 Å². The normalized spacial score (nSPS) is 15.1. The largest absolute Gasteiger partial charge is 0.477 e. The van der Waals surface area contributed by atoms with Crippen LogP contribution in [0.3, 0.4) is 0 Å². The molecule has 0 saturated heterocycles. The molecule has 0 saturated carbocycles. The van der Waals surface area contributed by atoms with Crippen LogP contribution in [0.25, 0.3) is 0 Å². The highest BCUT2D eigenvalue weighted by molar-refractivity contribution is 5.72. The number of hydrogen-bond acceptors (Lipinski definition) is 2. The summed E-state index contributed by atoms with van der Waals surface area (Å²) in [5.41, 5.74) is 0. The molecule has 0 bridgehead atoms. The number of unbranched alkanes of at least 4 members (excludes halogenated alkanes) is 3. The van der Waals surface area contributed by atoms with Gasteiger partial charge in [-0.2, -0.15) is 0 Å². The molecule has 4 heteroatoms. The average Bonchev–Trinajstić information content (AvgIpc) is 2.42. The van der Waals surface area contributed by atoms with Crippen LogP contribution < -0.4 is 0 Å². The van der Waals surface area contributed by atoms with Gasteiger partial charge in [0.15, 0.2) is 6.04 Å². The number of nitrogens with zero attached hydrogens (tertiary/aromatic N) is 1. The van der Waals surface area contributed by atoms with Gasteiger partial charge in [0.1, 0.15) is 12.6 Å². The first-order chi connectivity index (χ1) is 9.47. The van der Waals surface area contributed by atoms with Crippen molar-refractivity contribution in [3.8, 4) is 0 Å². The molecule has 0 amide bonds. The molecular weight excluding hydrogens is 254 g/mol. The van der Waals surface area contributed by atoms with E-state index in [1.165, 1.54) is 12.8 Å². The molecule has 0 rings (SSSR count). The monoisotopic (exact) mass is 288 g/mol. The van der Waals surface area contributed by atoms with E-state index >= 15 is 0 Å². The lowest BCUT2D eigenvalue weighted by Crippen LogP contribution is -2.61. The Morgan fingerprint density at radius 3 is 2.05 bits per heavy atom. The lowest BCUT2D eigenvalue weighted by molar-refractivity contribution is -0.943. The van der Waals surface area contributed by atoms with Gasteiger partial charge in [-0.05, 0) is 20.3 Å². The predicted molar refractivity (Wildman–Crippen MR) is 82.7 cm³/mol. The van der Waals surface area contributed by atoms with Crippen LogP contribution >= 0.6 is 0 Å². The van der Waals surface area contributed by atoms with E-state index in [9.17, 15) is 15.0 Å². The van der Waals surface area contributed by atoms with Gasteiger partial charge in [0.2, 0.25) is 0 Å². The summed E-state index contributed by atoms with van der Waals surface area (Å²) in [5, 5.41) is 19.7. The Kier molecular flexibility index (Phi) is 9.86. The molecule has 2 unspecified atom stereocenters. The Morgan fingerprint density at radius 1 is 1.05 bits per heavy atom. The van der Waals surface area contributed by atoms with Gasteiger partial charge in [-0.3, -0.25) is 0 Å². The molecule has 0 aliphatic heterocycles. The number of aliphatic hydroxyl groups excluding tert-OH is 1. The zero-order valence-electron chi connectivity index (χ0n) is 13.8. The van der Waals surface area contributed by atoms with E-state index in [0.29, 0.717) is 17.4 Å². The van der Waals surface area contributed by atoms with Gasteiger partial charge in [-0.15, -0.1) is 0 Å². The maximum absolute atomic E-state index is 11.5. The standard InChI is InChI=1S/C16H33NO3/c1-5-9-10-11-12-14(18)13-17(7-3,8-4)15(6-2)16(19)20/h14-15,18H,5-13H2,1-4H3/p+1. The lowest BCUT2D eigenvalue weighted by atomic mass is 10.0. The SMILES string of the molecule is CCCCCCC(O)C[N+](CC)(CC)C(CC)C(=O)O. The maximum Gasteiger partial charge on any atom is 0.362 e. The van der Waals surface area contributed by atoms with Crippen LogP contribution in [0.15, 0.2) is 0 Å². The fourth-order valence-corrected chi connectivity index (χ4v) is 3.16. The summed E-state index contributed by atoms with van der Waals surface area (Å²) in [5.74, 6) is -0.741. The molecule has 0 aromatic carbocycles. The van der Waals surface area contributed by atoms with Crippen molar-refractivity contribution in [2.75, 3.05) is 19.6 Å². The van der Waals surface area contributed by atoms with E-state index < -0.39 is 12.0 Å². The number of carbonyl (C=O) groups is 1. The molecule has 0 radical (unpaired) electrons. The topological polar surface area (TPSA) is 57.5 Å². The minimum Gasteiger partial charge on any atom is -0.477 e. The maximum atomic E-state index is 11.5. The molecule has 0 aliphatic carbocycles. The summed E-state index contributed by atoms with van der Waals surface area (Å²) < 4.78 is 0.487. The van der Waals surface area contributed by atoms with Gasteiger partial charge < -0.3 is 14.7 Å². The second-order valence-electron chi connectivity index (χ2n) is 5.80. The van der Waals surface area contributed by atoms with Gasteiger partial charge in [0.05, 0.1) is 13.1 Å². The molecule has 2 atom stereocenters. The van der Waals surface area contributed by atoms with E-state index in [2.05, 4.69) is 6.92 Å². The third-order valence-electron chi connectivity index (χ3n) is 4.56. The van der Waals surface area contributed by atoms with Gasteiger partial charge in [-0.25, -0.2) is 4.79 Å². The van der Waals surface area contributed by atoms with E-state index in [1.807, 2.05) is 20.8 Å². The minimum absolute atomic E-state index is 0.389. The Bertz CT molecular complexity index is 264. The summed E-state index contributed by atoms with van der Waals surface area (Å²) in [6.07, 6.45) is 5.60. The fraction of sp³-hybridized carbons (Fsp3) is 0.938. The van der Waals surface area contributed by atoms with Crippen molar-refractivity contribution in [3.63, 3.8) is 0 Å². The number of likely N-dealkylation sites (N-methyl/N-ethyl adjacent to an activating group) is 1. The van der Waals surface area contributed by atoms with Crippen LogP contribution in [0.4, 0.5) is 0 Å². The third kappa shape index (κ3) is 5.80. The number of hydrogen-bond donors (Lipinski definition) is 2. The highest BCUT2D eigenvalue weighted by atomic mass is 16.4. The van der Waals surface area contributed by atoms with Crippen molar-refractivity contribution in [1.82, 2.24) is 0 Å². The Balaban J connectivity index is 4.62. The zero-order chi connectivity index (χ0) is 15.6. The first-order valence-corrected chi connectivity index (χ1v) is 8.23. The quantitative estimate of drug-likeness (QED) is 0.429. The van der Waals surface area contributed by atoms with Crippen LogP contribution in [0, 0.1) is 0 Å². The molecule has 0 aliphatic rings. The summed E-state index contributed by atoms with van der Waals surface area (Å²) in [6.45, 7) is 10.2. The van der Waals surface area contributed by atoms with Gasteiger partial charge in [-0.1, -0.05) is 39.5 Å². The third-order valence-corrected chi connectivity index (χ3v) is 4.56. The number of aliphatic carboxylic acids is 1. The molecule has 2 N–H and O–H groups in total. The number of carboxylic acid groups (broad SMARTS) is 1. The van der Waals surface area contributed by atoms with E-state index in [4.69, 9.17) is 0 Å². The summed E-state index contributed by atoms with van der Waals surface area (Å²) >= 11 is 0. The number of quaternary nitrogens is 1. The summed E-state index contributed by atoms with van der Waals surface area (Å²) in [4.78, 5) is 11.5. The van der Waals surface area contributed by atoms with Crippen LogP contribution in [0.1, 0.15) is 66.2 Å². The Morgan fingerprint density at radius 2 is 1.65 bits per heavy atom. The number of carboxylic acids is 1. The van der Waals surface area contributed by atoms with Crippen LogP contribution in [0.5, 0.6) is 0 Å². The average molecular weight is 288 g/mol. The van der Waals surface area contributed by atoms with Crippen molar-refractivity contribution in [1.29, 1.82) is 0 Å². The number of rotatable bonds is 12. The number of aliphatic hydroxyl groups is 1. The van der Waals surface area contributed by atoms with Gasteiger partial charge >= 0.3 is 5.97 Å². The van der Waals surface area contributed by atoms with E-state index in [1.54, 1.807) is 0 Å². The molecule has 4 nitrogen and oxygen atoms in total. The Hall–Kier alpha value is -0.610. The van der Waals surface area contributed by atoms with Crippen molar-refractivity contribution < 1.29 is 19.5 Å². The molecule has 0 spiro atoms. The Labute approximate surface area is 124 Å². The first-order valence-electron chi connectivity index (χ1n) is 8.23. The lowest BCUT2D eigenvalue weighted by Gasteiger charge is -2.42. The van der Waals surface area contributed by atoms with Gasteiger partial charge in [0, 0.05) is 6.42 Å². The second kappa shape index (κ2) is 10.2. The molecular formula is C16H34NO3+. The predicted octanol–water partition coefficient (Wildman–Crippen LogP) is 3.04. The minimum atomic E-state index is -0.741. The second-order valence-corrected chi connectivity index (χ2v) is 5.80. The van der Waals surface area contributed by atoms with Gasteiger partial charge in [0.25, 0.3) is 0 Å². The van der Waals surface area contributed by atoms with Crippen molar-refractivity contribution in [2.24, 2.45) is 0 Å².